The normalized spacial score (nSPS) is 18.6. The number of methoxy groups -OCH3 is 1. The lowest BCUT2D eigenvalue weighted by Crippen LogP contribution is -2.33. The first kappa shape index (κ1) is 14.2. The Hall–Kier alpha value is -1.22. The van der Waals surface area contributed by atoms with E-state index in [1.807, 2.05) is 12.1 Å². The maximum absolute atomic E-state index is 10.6. The molecule has 0 heterocycles. The third kappa shape index (κ3) is 2.57. The molecule has 106 valence electrons. The standard InChI is InChI=1S/C16H25NO2/c1-15(2,3)12-9-11(19-4)10-13(14(12)18)16(17)7-5-6-8-16/h9-10,18H,5-8,17H2,1-4H3. The second kappa shape index (κ2) is 4.71. The van der Waals surface area contributed by atoms with Crippen LogP contribution < -0.4 is 10.5 Å². The van der Waals surface area contributed by atoms with Crippen molar-refractivity contribution < 1.29 is 9.84 Å². The Bertz CT molecular complexity index is 468. The Labute approximate surface area is 115 Å². The molecule has 1 saturated carbocycles. The maximum atomic E-state index is 10.6. The third-order valence-corrected chi connectivity index (χ3v) is 4.16. The molecule has 0 amide bonds. The fraction of sp³-hybridized carbons (Fsp3) is 0.625. The zero-order valence-electron chi connectivity index (χ0n) is 12.4. The number of phenolic OH excluding ortho intramolecular Hbond substituents is 1. The molecule has 0 bridgehead atoms. The van der Waals surface area contributed by atoms with Crippen LogP contribution in [0.2, 0.25) is 0 Å². The van der Waals surface area contributed by atoms with Crippen LogP contribution in [-0.4, -0.2) is 12.2 Å². The molecule has 1 aliphatic carbocycles. The van der Waals surface area contributed by atoms with E-state index in [1.165, 1.54) is 0 Å². The van der Waals surface area contributed by atoms with Crippen molar-refractivity contribution in [3.05, 3.63) is 23.3 Å². The van der Waals surface area contributed by atoms with Crippen LogP contribution in [-0.2, 0) is 11.0 Å². The number of benzene rings is 1. The Morgan fingerprint density at radius 1 is 1.21 bits per heavy atom. The van der Waals surface area contributed by atoms with Gasteiger partial charge >= 0.3 is 0 Å². The van der Waals surface area contributed by atoms with Crippen LogP contribution >= 0.6 is 0 Å². The van der Waals surface area contributed by atoms with Gasteiger partial charge in [0.05, 0.1) is 7.11 Å². The number of rotatable bonds is 2. The highest BCUT2D eigenvalue weighted by Crippen LogP contribution is 2.45. The molecule has 0 aromatic heterocycles. The van der Waals surface area contributed by atoms with Gasteiger partial charge in [0.25, 0.3) is 0 Å². The minimum atomic E-state index is -0.404. The quantitative estimate of drug-likeness (QED) is 0.859. The van der Waals surface area contributed by atoms with Crippen molar-refractivity contribution in [1.29, 1.82) is 0 Å². The number of phenols is 1. The van der Waals surface area contributed by atoms with Gasteiger partial charge in [0.2, 0.25) is 0 Å². The van der Waals surface area contributed by atoms with Crippen LogP contribution in [0.1, 0.15) is 57.6 Å². The summed E-state index contributed by atoms with van der Waals surface area (Å²) < 4.78 is 5.38. The number of hydrogen-bond donors (Lipinski definition) is 2. The maximum Gasteiger partial charge on any atom is 0.124 e. The van der Waals surface area contributed by atoms with Gasteiger partial charge in [-0.15, -0.1) is 0 Å². The summed E-state index contributed by atoms with van der Waals surface area (Å²) in [7, 11) is 1.65. The first-order valence-corrected chi connectivity index (χ1v) is 6.99. The molecule has 0 aliphatic heterocycles. The van der Waals surface area contributed by atoms with Crippen molar-refractivity contribution in [2.75, 3.05) is 7.11 Å². The molecule has 2 rings (SSSR count). The average Bonchev–Trinajstić information content (AvgIpc) is 2.76. The molecule has 1 aromatic carbocycles. The highest BCUT2D eigenvalue weighted by molar-refractivity contribution is 5.52. The van der Waals surface area contributed by atoms with Gasteiger partial charge in [-0.2, -0.15) is 0 Å². The second-order valence-electron chi connectivity index (χ2n) is 6.68. The monoisotopic (exact) mass is 263 g/mol. The molecule has 3 N–H and O–H groups in total. The molecule has 3 heteroatoms. The zero-order chi connectivity index (χ0) is 14.3. The SMILES string of the molecule is COc1cc(C(C)(C)C)c(O)c(C2(N)CCCC2)c1. The highest BCUT2D eigenvalue weighted by Gasteiger charge is 2.36. The number of aromatic hydroxyl groups is 1. The van der Waals surface area contributed by atoms with E-state index in [4.69, 9.17) is 10.5 Å². The Morgan fingerprint density at radius 3 is 2.26 bits per heavy atom. The van der Waals surface area contributed by atoms with Crippen molar-refractivity contribution >= 4 is 0 Å². The minimum Gasteiger partial charge on any atom is -0.507 e. The summed E-state index contributed by atoms with van der Waals surface area (Å²) in [5.74, 6) is 1.12. The number of nitrogens with two attached hydrogens (primary N) is 1. The molecule has 0 radical (unpaired) electrons. The van der Waals surface area contributed by atoms with E-state index in [1.54, 1.807) is 7.11 Å². The summed E-state index contributed by atoms with van der Waals surface area (Å²) in [5, 5.41) is 10.6. The van der Waals surface area contributed by atoms with Crippen molar-refractivity contribution in [2.24, 2.45) is 5.73 Å². The molecule has 0 spiro atoms. The smallest absolute Gasteiger partial charge is 0.124 e. The number of ether oxygens (including phenoxy) is 1. The lowest BCUT2D eigenvalue weighted by Gasteiger charge is -2.30. The van der Waals surface area contributed by atoms with Gasteiger partial charge in [0.1, 0.15) is 11.5 Å². The summed E-state index contributed by atoms with van der Waals surface area (Å²) >= 11 is 0. The van der Waals surface area contributed by atoms with Gasteiger partial charge in [-0.3, -0.25) is 0 Å². The second-order valence-corrected chi connectivity index (χ2v) is 6.68. The first-order chi connectivity index (χ1) is 8.78. The summed E-state index contributed by atoms with van der Waals surface area (Å²) in [6.45, 7) is 6.26. The van der Waals surface area contributed by atoms with Gasteiger partial charge in [-0.05, 0) is 30.4 Å². The van der Waals surface area contributed by atoms with E-state index in [2.05, 4.69) is 20.8 Å². The van der Waals surface area contributed by atoms with Crippen molar-refractivity contribution in [2.45, 2.75) is 57.4 Å². The zero-order valence-corrected chi connectivity index (χ0v) is 12.4. The topological polar surface area (TPSA) is 55.5 Å². The largest absolute Gasteiger partial charge is 0.507 e. The van der Waals surface area contributed by atoms with Crippen molar-refractivity contribution in [3.8, 4) is 11.5 Å². The predicted octanol–water partition coefficient (Wildman–Crippen LogP) is 3.43. The predicted molar refractivity (Wildman–Crippen MR) is 77.7 cm³/mol. The van der Waals surface area contributed by atoms with E-state index in [0.29, 0.717) is 5.75 Å². The molecule has 19 heavy (non-hydrogen) atoms. The van der Waals surface area contributed by atoms with E-state index in [-0.39, 0.29) is 5.41 Å². The molecule has 1 aromatic rings. The molecular weight excluding hydrogens is 238 g/mol. The molecule has 0 atom stereocenters. The van der Waals surface area contributed by atoms with E-state index >= 15 is 0 Å². The molecular formula is C16H25NO2. The summed E-state index contributed by atoms with van der Waals surface area (Å²) in [4.78, 5) is 0. The van der Waals surface area contributed by atoms with E-state index in [9.17, 15) is 5.11 Å². The van der Waals surface area contributed by atoms with Crippen LogP contribution in [0.15, 0.2) is 12.1 Å². The van der Waals surface area contributed by atoms with Gasteiger partial charge < -0.3 is 15.6 Å². The van der Waals surface area contributed by atoms with E-state index < -0.39 is 5.54 Å². The van der Waals surface area contributed by atoms with Crippen molar-refractivity contribution in [1.82, 2.24) is 0 Å². The highest BCUT2D eigenvalue weighted by atomic mass is 16.5. The van der Waals surface area contributed by atoms with Crippen molar-refractivity contribution in [3.63, 3.8) is 0 Å². The van der Waals surface area contributed by atoms with Crippen LogP contribution in [0.4, 0.5) is 0 Å². The molecule has 3 nitrogen and oxygen atoms in total. The number of hydrogen-bond acceptors (Lipinski definition) is 3. The van der Waals surface area contributed by atoms with Crippen LogP contribution in [0.5, 0.6) is 11.5 Å². The Balaban J connectivity index is 2.60. The molecule has 0 unspecified atom stereocenters. The Kier molecular flexibility index (Phi) is 3.52. The van der Waals surface area contributed by atoms with Gasteiger partial charge in [0.15, 0.2) is 0 Å². The van der Waals surface area contributed by atoms with Crippen LogP contribution in [0.25, 0.3) is 0 Å². The summed E-state index contributed by atoms with van der Waals surface area (Å²) in [5.41, 5.74) is 7.70. The third-order valence-electron chi connectivity index (χ3n) is 4.16. The fourth-order valence-corrected chi connectivity index (χ4v) is 2.95. The summed E-state index contributed by atoms with van der Waals surface area (Å²) in [6.07, 6.45) is 4.10. The lowest BCUT2D eigenvalue weighted by molar-refractivity contribution is 0.379. The average molecular weight is 263 g/mol. The Morgan fingerprint density at radius 2 is 1.79 bits per heavy atom. The minimum absolute atomic E-state index is 0.137. The van der Waals surface area contributed by atoms with Gasteiger partial charge in [-0.1, -0.05) is 33.6 Å². The van der Waals surface area contributed by atoms with E-state index in [0.717, 1.165) is 42.6 Å². The van der Waals surface area contributed by atoms with Crippen LogP contribution in [0.3, 0.4) is 0 Å². The molecule has 0 saturated heterocycles. The van der Waals surface area contributed by atoms with Crippen LogP contribution in [0, 0.1) is 0 Å². The molecule has 1 aliphatic rings. The lowest BCUT2D eigenvalue weighted by atomic mass is 9.80. The first-order valence-electron chi connectivity index (χ1n) is 6.99. The fourth-order valence-electron chi connectivity index (χ4n) is 2.95. The van der Waals surface area contributed by atoms with Gasteiger partial charge in [0, 0.05) is 16.7 Å². The summed E-state index contributed by atoms with van der Waals surface area (Å²) in [6, 6.07) is 3.81. The van der Waals surface area contributed by atoms with Gasteiger partial charge in [-0.25, -0.2) is 0 Å². The molecule has 1 fully saturated rings.